The van der Waals surface area contributed by atoms with Gasteiger partial charge in [0, 0.05) is 42.8 Å². The Labute approximate surface area is 157 Å². The Morgan fingerprint density at radius 3 is 2.67 bits per heavy atom. The van der Waals surface area contributed by atoms with Gasteiger partial charge in [-0.25, -0.2) is 4.79 Å². The predicted molar refractivity (Wildman–Crippen MR) is 101 cm³/mol. The molecule has 0 atom stereocenters. The number of carbonyl (C=O) groups is 1. The summed E-state index contributed by atoms with van der Waals surface area (Å²) in [5, 5.41) is 9.85. The summed E-state index contributed by atoms with van der Waals surface area (Å²) in [5.74, 6) is 1.82. The Hall–Kier alpha value is -3.55. The maximum absolute atomic E-state index is 12.1. The van der Waals surface area contributed by atoms with Crippen LogP contribution in [-0.4, -0.2) is 35.0 Å². The number of methoxy groups -OCH3 is 2. The molecule has 0 aliphatic heterocycles. The number of nitrogens with zero attached hydrogens (tertiary/aromatic N) is 3. The van der Waals surface area contributed by atoms with Crippen molar-refractivity contribution in [2.75, 3.05) is 19.5 Å². The molecule has 0 unspecified atom stereocenters. The number of pyridine rings is 1. The van der Waals surface area contributed by atoms with Gasteiger partial charge in [0.1, 0.15) is 11.5 Å². The van der Waals surface area contributed by atoms with Crippen molar-refractivity contribution in [1.29, 1.82) is 0 Å². The summed E-state index contributed by atoms with van der Waals surface area (Å²) in [6, 6.07) is 10.7. The van der Waals surface area contributed by atoms with Gasteiger partial charge in [0.05, 0.1) is 20.8 Å². The van der Waals surface area contributed by atoms with E-state index in [0.717, 1.165) is 11.1 Å². The molecule has 2 heterocycles. The summed E-state index contributed by atoms with van der Waals surface area (Å²) < 4.78 is 12.2. The van der Waals surface area contributed by atoms with Gasteiger partial charge in [-0.15, -0.1) is 0 Å². The molecule has 3 aromatic rings. The molecule has 1 aromatic carbocycles. The molecule has 140 valence electrons. The normalized spacial score (nSPS) is 10.3. The van der Waals surface area contributed by atoms with E-state index in [4.69, 9.17) is 9.47 Å². The molecule has 2 amide bonds. The first kappa shape index (κ1) is 18.2. The van der Waals surface area contributed by atoms with Crippen molar-refractivity contribution in [3.8, 4) is 11.5 Å². The maximum Gasteiger partial charge on any atom is 0.320 e. The summed E-state index contributed by atoms with van der Waals surface area (Å²) in [7, 11) is 3.17. The van der Waals surface area contributed by atoms with Crippen LogP contribution in [0.4, 0.5) is 10.6 Å². The zero-order chi connectivity index (χ0) is 19.1. The average molecular weight is 367 g/mol. The lowest BCUT2D eigenvalue weighted by Gasteiger charge is -2.11. The van der Waals surface area contributed by atoms with Gasteiger partial charge in [-0.05, 0) is 29.8 Å². The minimum atomic E-state index is -0.345. The molecule has 2 N–H and O–H groups in total. The number of hydrogen-bond donors (Lipinski definition) is 2. The third-order valence-corrected chi connectivity index (χ3v) is 3.91. The molecule has 0 bridgehead atoms. The van der Waals surface area contributed by atoms with Gasteiger partial charge >= 0.3 is 6.03 Å². The average Bonchev–Trinajstić information content (AvgIpc) is 3.13. The molecule has 0 spiro atoms. The SMILES string of the molecule is COc1ccc(CNC(=O)Nc2ccn(Cc3ccncc3)n2)c(OC)c1. The van der Waals surface area contributed by atoms with Crippen molar-refractivity contribution in [2.24, 2.45) is 0 Å². The maximum atomic E-state index is 12.1. The molecule has 27 heavy (non-hydrogen) atoms. The first-order valence-corrected chi connectivity index (χ1v) is 8.36. The molecular formula is C19H21N5O3. The molecule has 0 aliphatic carbocycles. The van der Waals surface area contributed by atoms with Gasteiger partial charge in [-0.2, -0.15) is 5.10 Å². The largest absolute Gasteiger partial charge is 0.497 e. The van der Waals surface area contributed by atoms with Crippen LogP contribution in [0.5, 0.6) is 11.5 Å². The number of aromatic nitrogens is 3. The third kappa shape index (κ3) is 4.97. The van der Waals surface area contributed by atoms with Gasteiger partial charge in [0.2, 0.25) is 0 Å². The molecule has 3 rings (SSSR count). The molecule has 0 saturated heterocycles. The number of nitrogens with one attached hydrogen (secondary N) is 2. The van der Waals surface area contributed by atoms with Crippen LogP contribution in [-0.2, 0) is 13.1 Å². The Balaban J connectivity index is 1.54. The predicted octanol–water partition coefficient (Wildman–Crippen LogP) is 2.67. The molecule has 0 radical (unpaired) electrons. The van der Waals surface area contributed by atoms with Crippen molar-refractivity contribution in [3.05, 3.63) is 66.1 Å². The quantitative estimate of drug-likeness (QED) is 0.670. The highest BCUT2D eigenvalue weighted by atomic mass is 16.5. The van der Waals surface area contributed by atoms with Gasteiger partial charge < -0.3 is 14.8 Å². The fraction of sp³-hybridized carbons (Fsp3) is 0.211. The molecular weight excluding hydrogens is 346 g/mol. The molecule has 8 nitrogen and oxygen atoms in total. The number of ether oxygens (including phenoxy) is 2. The summed E-state index contributed by atoms with van der Waals surface area (Å²) in [5.41, 5.74) is 1.92. The van der Waals surface area contributed by atoms with Crippen molar-refractivity contribution in [3.63, 3.8) is 0 Å². The number of hydrogen-bond acceptors (Lipinski definition) is 5. The lowest BCUT2D eigenvalue weighted by atomic mass is 10.2. The van der Waals surface area contributed by atoms with Crippen molar-refractivity contribution >= 4 is 11.8 Å². The number of benzene rings is 1. The van der Waals surface area contributed by atoms with Crippen LogP contribution in [0.1, 0.15) is 11.1 Å². The highest BCUT2D eigenvalue weighted by Crippen LogP contribution is 2.24. The first-order valence-electron chi connectivity index (χ1n) is 8.36. The van der Waals surface area contributed by atoms with Crippen molar-refractivity contribution in [2.45, 2.75) is 13.1 Å². The number of urea groups is 1. The minimum absolute atomic E-state index is 0.316. The Morgan fingerprint density at radius 2 is 1.93 bits per heavy atom. The standard InChI is InChI=1S/C19H21N5O3/c1-26-16-4-3-15(17(11-16)27-2)12-21-19(25)22-18-7-10-24(23-18)13-14-5-8-20-9-6-14/h3-11H,12-13H2,1-2H3,(H2,21,22,23,25). The highest BCUT2D eigenvalue weighted by molar-refractivity contribution is 5.88. The van der Waals surface area contributed by atoms with E-state index in [9.17, 15) is 4.79 Å². The van der Waals surface area contributed by atoms with Gasteiger partial charge in [-0.3, -0.25) is 15.0 Å². The van der Waals surface area contributed by atoms with Crippen LogP contribution >= 0.6 is 0 Å². The fourth-order valence-corrected chi connectivity index (χ4v) is 2.53. The van der Waals surface area contributed by atoms with Gasteiger partial charge in [0.15, 0.2) is 5.82 Å². The molecule has 0 aliphatic rings. The number of rotatable bonds is 7. The lowest BCUT2D eigenvalue weighted by molar-refractivity contribution is 0.251. The molecule has 0 saturated carbocycles. The van der Waals surface area contributed by atoms with Crippen LogP contribution in [0.2, 0.25) is 0 Å². The van der Waals surface area contributed by atoms with Crippen LogP contribution in [0.15, 0.2) is 55.0 Å². The zero-order valence-electron chi connectivity index (χ0n) is 15.2. The van der Waals surface area contributed by atoms with Gasteiger partial charge in [0.25, 0.3) is 0 Å². The summed E-state index contributed by atoms with van der Waals surface area (Å²) in [6.07, 6.45) is 5.28. The van der Waals surface area contributed by atoms with E-state index in [1.807, 2.05) is 30.5 Å². The zero-order valence-corrected chi connectivity index (χ0v) is 15.2. The van der Waals surface area contributed by atoms with E-state index < -0.39 is 0 Å². The van der Waals surface area contributed by atoms with E-state index >= 15 is 0 Å². The van der Waals surface area contributed by atoms with Crippen LogP contribution in [0.25, 0.3) is 0 Å². The molecule has 2 aromatic heterocycles. The van der Waals surface area contributed by atoms with E-state index in [1.54, 1.807) is 43.4 Å². The van der Waals surface area contributed by atoms with Crippen LogP contribution in [0.3, 0.4) is 0 Å². The number of amides is 2. The Bertz CT molecular complexity index is 895. The Kier molecular flexibility index (Phi) is 5.88. The van der Waals surface area contributed by atoms with E-state index in [0.29, 0.717) is 30.4 Å². The van der Waals surface area contributed by atoms with Gasteiger partial charge in [-0.1, -0.05) is 0 Å². The first-order chi connectivity index (χ1) is 13.2. The topological polar surface area (TPSA) is 90.3 Å². The van der Waals surface area contributed by atoms with E-state index in [1.165, 1.54) is 0 Å². The molecule has 0 fully saturated rings. The van der Waals surface area contributed by atoms with E-state index in [2.05, 4.69) is 20.7 Å². The second-order valence-corrected chi connectivity index (χ2v) is 5.74. The minimum Gasteiger partial charge on any atom is -0.497 e. The summed E-state index contributed by atoms with van der Waals surface area (Å²) in [6.45, 7) is 0.922. The van der Waals surface area contributed by atoms with E-state index in [-0.39, 0.29) is 6.03 Å². The van der Waals surface area contributed by atoms with Crippen molar-refractivity contribution < 1.29 is 14.3 Å². The number of carbonyl (C=O) groups excluding carboxylic acids is 1. The second kappa shape index (κ2) is 8.70. The van der Waals surface area contributed by atoms with Crippen molar-refractivity contribution in [1.82, 2.24) is 20.1 Å². The third-order valence-electron chi connectivity index (χ3n) is 3.91. The Morgan fingerprint density at radius 1 is 1.11 bits per heavy atom. The second-order valence-electron chi connectivity index (χ2n) is 5.74. The fourth-order valence-electron chi connectivity index (χ4n) is 2.53. The smallest absolute Gasteiger partial charge is 0.320 e. The summed E-state index contributed by atoms with van der Waals surface area (Å²) in [4.78, 5) is 16.1. The molecule has 8 heteroatoms. The monoisotopic (exact) mass is 367 g/mol. The lowest BCUT2D eigenvalue weighted by Crippen LogP contribution is -2.28. The van der Waals surface area contributed by atoms with Crippen LogP contribution < -0.4 is 20.1 Å². The number of anilines is 1. The van der Waals surface area contributed by atoms with Crippen LogP contribution in [0, 0.1) is 0 Å². The summed E-state index contributed by atoms with van der Waals surface area (Å²) >= 11 is 0. The highest BCUT2D eigenvalue weighted by Gasteiger charge is 2.09.